The SMILES string of the molecule is Cc1nc(C2CCN(C(=O)Cc3cccc4ccccc34)CC2)cc(=O)[nH]1. The third-order valence-corrected chi connectivity index (χ3v) is 5.37. The molecule has 2 heterocycles. The first-order valence-corrected chi connectivity index (χ1v) is 9.42. The van der Waals surface area contributed by atoms with Crippen molar-refractivity contribution in [1.29, 1.82) is 0 Å². The van der Waals surface area contributed by atoms with Gasteiger partial charge in [-0.3, -0.25) is 9.59 Å². The number of hydrogen-bond donors (Lipinski definition) is 1. The molecule has 0 aliphatic carbocycles. The first-order valence-electron chi connectivity index (χ1n) is 9.42. The Morgan fingerprint density at radius 3 is 2.67 bits per heavy atom. The van der Waals surface area contributed by atoms with Crippen LogP contribution in [0.4, 0.5) is 0 Å². The lowest BCUT2D eigenvalue weighted by molar-refractivity contribution is -0.131. The Kier molecular flexibility index (Phi) is 4.75. The molecule has 1 aliphatic rings. The van der Waals surface area contributed by atoms with Gasteiger partial charge < -0.3 is 9.88 Å². The van der Waals surface area contributed by atoms with E-state index in [-0.39, 0.29) is 17.4 Å². The number of piperidine rings is 1. The van der Waals surface area contributed by atoms with Crippen LogP contribution in [0.25, 0.3) is 10.8 Å². The molecule has 1 N–H and O–H groups in total. The summed E-state index contributed by atoms with van der Waals surface area (Å²) in [4.78, 5) is 33.6. The van der Waals surface area contributed by atoms with Crippen LogP contribution in [0.1, 0.15) is 35.8 Å². The lowest BCUT2D eigenvalue weighted by Crippen LogP contribution is -2.39. The van der Waals surface area contributed by atoms with Crippen molar-refractivity contribution in [1.82, 2.24) is 14.9 Å². The standard InChI is InChI=1S/C22H23N3O2/c1-15-23-20(14-21(26)24-15)17-9-11-25(12-10-17)22(27)13-18-7-4-6-16-5-2-3-8-19(16)18/h2-8,14,17H,9-13H2,1H3,(H,23,24,26). The molecule has 0 spiro atoms. The molecule has 1 amide bonds. The molecule has 4 rings (SSSR count). The maximum absolute atomic E-state index is 12.8. The predicted molar refractivity (Wildman–Crippen MR) is 106 cm³/mol. The minimum Gasteiger partial charge on any atom is -0.342 e. The zero-order valence-electron chi connectivity index (χ0n) is 15.4. The summed E-state index contributed by atoms with van der Waals surface area (Å²) in [5, 5.41) is 2.31. The second-order valence-electron chi connectivity index (χ2n) is 7.23. The highest BCUT2D eigenvalue weighted by Crippen LogP contribution is 2.27. The summed E-state index contributed by atoms with van der Waals surface area (Å²) in [5.41, 5.74) is 1.82. The lowest BCUT2D eigenvalue weighted by Gasteiger charge is -2.32. The molecule has 27 heavy (non-hydrogen) atoms. The van der Waals surface area contributed by atoms with Crippen molar-refractivity contribution in [2.75, 3.05) is 13.1 Å². The Bertz CT molecular complexity index is 1030. The second kappa shape index (κ2) is 7.35. The maximum atomic E-state index is 12.8. The number of hydrogen-bond acceptors (Lipinski definition) is 3. The molecular weight excluding hydrogens is 338 g/mol. The Hall–Kier alpha value is -2.95. The monoisotopic (exact) mass is 361 g/mol. The van der Waals surface area contributed by atoms with Gasteiger partial charge in [0.2, 0.25) is 5.91 Å². The van der Waals surface area contributed by atoms with Gasteiger partial charge in [-0.05, 0) is 36.1 Å². The fourth-order valence-corrected chi connectivity index (χ4v) is 3.96. The minimum absolute atomic E-state index is 0.105. The molecule has 0 saturated carbocycles. The number of aromatic amines is 1. The molecule has 1 fully saturated rings. The highest BCUT2D eigenvalue weighted by atomic mass is 16.2. The van der Waals surface area contributed by atoms with E-state index in [4.69, 9.17) is 0 Å². The van der Waals surface area contributed by atoms with Gasteiger partial charge in [0.1, 0.15) is 5.82 Å². The van der Waals surface area contributed by atoms with E-state index in [2.05, 4.69) is 28.2 Å². The van der Waals surface area contributed by atoms with Crippen molar-refractivity contribution in [2.45, 2.75) is 32.1 Å². The number of nitrogens with zero attached hydrogens (tertiary/aromatic N) is 2. The van der Waals surface area contributed by atoms with Crippen LogP contribution < -0.4 is 5.56 Å². The van der Waals surface area contributed by atoms with E-state index < -0.39 is 0 Å². The van der Waals surface area contributed by atoms with Crippen LogP contribution in [0, 0.1) is 6.92 Å². The molecule has 5 heteroatoms. The number of nitrogens with one attached hydrogen (secondary N) is 1. The van der Waals surface area contributed by atoms with Crippen molar-refractivity contribution < 1.29 is 4.79 Å². The highest BCUT2D eigenvalue weighted by Gasteiger charge is 2.25. The highest BCUT2D eigenvalue weighted by molar-refractivity contribution is 5.90. The fraction of sp³-hybridized carbons (Fsp3) is 0.318. The Morgan fingerprint density at radius 1 is 1.15 bits per heavy atom. The average molecular weight is 361 g/mol. The van der Waals surface area contributed by atoms with Crippen LogP contribution in [-0.2, 0) is 11.2 Å². The quantitative estimate of drug-likeness (QED) is 0.779. The van der Waals surface area contributed by atoms with Crippen molar-refractivity contribution in [2.24, 2.45) is 0 Å². The predicted octanol–water partition coefficient (Wildman–Crippen LogP) is 3.18. The van der Waals surface area contributed by atoms with E-state index in [0.717, 1.165) is 34.9 Å². The number of aromatic nitrogens is 2. The molecule has 0 atom stereocenters. The van der Waals surface area contributed by atoms with E-state index in [9.17, 15) is 9.59 Å². The van der Waals surface area contributed by atoms with E-state index in [1.807, 2.05) is 29.2 Å². The van der Waals surface area contributed by atoms with Gasteiger partial charge in [-0.15, -0.1) is 0 Å². The van der Waals surface area contributed by atoms with Gasteiger partial charge in [0.25, 0.3) is 5.56 Å². The van der Waals surface area contributed by atoms with E-state index in [0.29, 0.717) is 25.3 Å². The molecule has 0 radical (unpaired) electrons. The van der Waals surface area contributed by atoms with Gasteiger partial charge in [-0.1, -0.05) is 42.5 Å². The van der Waals surface area contributed by atoms with Gasteiger partial charge in [0.05, 0.1) is 12.1 Å². The van der Waals surface area contributed by atoms with Gasteiger partial charge >= 0.3 is 0 Å². The van der Waals surface area contributed by atoms with Crippen molar-refractivity contribution in [3.63, 3.8) is 0 Å². The number of amides is 1. The summed E-state index contributed by atoms with van der Waals surface area (Å²) in [6.45, 7) is 3.22. The van der Waals surface area contributed by atoms with Crippen LogP contribution >= 0.6 is 0 Å². The number of rotatable bonds is 3. The number of carbonyl (C=O) groups is 1. The van der Waals surface area contributed by atoms with Crippen molar-refractivity contribution >= 4 is 16.7 Å². The number of benzene rings is 2. The summed E-state index contributed by atoms with van der Waals surface area (Å²) in [6.07, 6.45) is 2.11. The molecule has 5 nitrogen and oxygen atoms in total. The Balaban J connectivity index is 1.43. The van der Waals surface area contributed by atoms with Crippen LogP contribution in [0.5, 0.6) is 0 Å². The zero-order valence-corrected chi connectivity index (χ0v) is 15.4. The van der Waals surface area contributed by atoms with Gasteiger partial charge in [0, 0.05) is 25.1 Å². The smallest absolute Gasteiger partial charge is 0.251 e. The molecular formula is C22H23N3O2. The molecule has 0 unspecified atom stereocenters. The molecule has 0 bridgehead atoms. The first kappa shape index (κ1) is 17.5. The topological polar surface area (TPSA) is 66.1 Å². The number of aryl methyl sites for hydroxylation is 1. The first-order chi connectivity index (χ1) is 13.1. The zero-order chi connectivity index (χ0) is 18.8. The van der Waals surface area contributed by atoms with Gasteiger partial charge in [0.15, 0.2) is 0 Å². The molecule has 2 aromatic carbocycles. The Labute approximate surface area is 158 Å². The Morgan fingerprint density at radius 2 is 1.89 bits per heavy atom. The van der Waals surface area contributed by atoms with Gasteiger partial charge in [-0.2, -0.15) is 0 Å². The average Bonchev–Trinajstić information content (AvgIpc) is 2.68. The van der Waals surface area contributed by atoms with Crippen molar-refractivity contribution in [3.05, 3.63) is 76.0 Å². The molecule has 1 aliphatic heterocycles. The second-order valence-corrected chi connectivity index (χ2v) is 7.23. The molecule has 3 aromatic rings. The summed E-state index contributed by atoms with van der Waals surface area (Å²) >= 11 is 0. The summed E-state index contributed by atoms with van der Waals surface area (Å²) in [7, 11) is 0. The van der Waals surface area contributed by atoms with Crippen LogP contribution in [0.15, 0.2) is 53.3 Å². The number of likely N-dealkylation sites (tertiary alicyclic amines) is 1. The number of H-pyrrole nitrogens is 1. The maximum Gasteiger partial charge on any atom is 0.251 e. The third kappa shape index (κ3) is 3.77. The lowest BCUT2D eigenvalue weighted by atomic mass is 9.92. The van der Waals surface area contributed by atoms with E-state index >= 15 is 0 Å². The molecule has 1 aromatic heterocycles. The summed E-state index contributed by atoms with van der Waals surface area (Å²) in [5.74, 6) is 1.06. The minimum atomic E-state index is -0.105. The normalized spacial score (nSPS) is 15.2. The molecule has 138 valence electrons. The molecule has 1 saturated heterocycles. The van der Waals surface area contributed by atoms with Crippen LogP contribution in [-0.4, -0.2) is 33.9 Å². The number of carbonyl (C=O) groups excluding carboxylic acids is 1. The van der Waals surface area contributed by atoms with Gasteiger partial charge in [-0.25, -0.2) is 4.98 Å². The largest absolute Gasteiger partial charge is 0.342 e. The van der Waals surface area contributed by atoms with E-state index in [1.54, 1.807) is 13.0 Å². The summed E-state index contributed by atoms with van der Waals surface area (Å²) in [6, 6.07) is 15.9. The summed E-state index contributed by atoms with van der Waals surface area (Å²) < 4.78 is 0. The number of fused-ring (bicyclic) bond motifs is 1. The van der Waals surface area contributed by atoms with E-state index in [1.165, 1.54) is 0 Å². The third-order valence-electron chi connectivity index (χ3n) is 5.37. The fourth-order valence-electron chi connectivity index (χ4n) is 3.96. The van der Waals surface area contributed by atoms with Crippen LogP contribution in [0.3, 0.4) is 0 Å². The van der Waals surface area contributed by atoms with Crippen molar-refractivity contribution in [3.8, 4) is 0 Å². The van der Waals surface area contributed by atoms with Crippen LogP contribution in [0.2, 0.25) is 0 Å².